The van der Waals surface area contributed by atoms with E-state index in [0.717, 1.165) is 11.3 Å². The van der Waals surface area contributed by atoms with E-state index < -0.39 is 0 Å². The van der Waals surface area contributed by atoms with Gasteiger partial charge in [-0.05, 0) is 30.8 Å². The van der Waals surface area contributed by atoms with Crippen molar-refractivity contribution in [3.05, 3.63) is 54.1 Å². The quantitative estimate of drug-likeness (QED) is 0.791. The van der Waals surface area contributed by atoms with Gasteiger partial charge in [0.2, 0.25) is 0 Å². The Balaban J connectivity index is 2.08. The topological polar surface area (TPSA) is 62.4 Å². The largest absolute Gasteiger partial charge is 0.495 e. The number of para-hydroxylation sites is 3. The summed E-state index contributed by atoms with van der Waals surface area (Å²) >= 11 is 0. The second-order valence-corrected chi connectivity index (χ2v) is 4.47. The van der Waals surface area contributed by atoms with Crippen LogP contribution < -0.4 is 20.7 Å². The molecule has 0 spiro atoms. The Morgan fingerprint density at radius 1 is 1.00 bits per heavy atom. The lowest BCUT2D eigenvalue weighted by atomic mass is 10.2. The molecule has 0 bridgehead atoms. The van der Waals surface area contributed by atoms with E-state index >= 15 is 0 Å². The van der Waals surface area contributed by atoms with Gasteiger partial charge in [-0.15, -0.1) is 0 Å². The molecule has 5 nitrogen and oxygen atoms in total. The summed E-state index contributed by atoms with van der Waals surface area (Å²) < 4.78 is 5.21. The van der Waals surface area contributed by atoms with E-state index in [9.17, 15) is 4.79 Å². The van der Waals surface area contributed by atoms with Crippen LogP contribution >= 0.6 is 0 Å². The molecule has 0 fully saturated rings. The first-order chi connectivity index (χ1) is 10.2. The fourth-order valence-corrected chi connectivity index (χ4v) is 2.01. The third-order valence-electron chi connectivity index (χ3n) is 2.99. The third-order valence-corrected chi connectivity index (χ3v) is 2.99. The smallest absolute Gasteiger partial charge is 0.323 e. The zero-order valence-corrected chi connectivity index (χ0v) is 12.1. The van der Waals surface area contributed by atoms with Gasteiger partial charge in [0.25, 0.3) is 0 Å². The monoisotopic (exact) mass is 285 g/mol. The van der Waals surface area contributed by atoms with Crippen molar-refractivity contribution >= 4 is 17.4 Å². The van der Waals surface area contributed by atoms with Crippen LogP contribution in [0.4, 0.5) is 16.2 Å². The summed E-state index contributed by atoms with van der Waals surface area (Å²) in [6, 6.07) is 14.6. The average Bonchev–Trinajstić information content (AvgIpc) is 2.50. The summed E-state index contributed by atoms with van der Waals surface area (Å²) in [5, 5.41) is 8.71. The molecule has 0 aliphatic carbocycles. The van der Waals surface area contributed by atoms with Crippen LogP contribution in [0.3, 0.4) is 0 Å². The van der Waals surface area contributed by atoms with Gasteiger partial charge < -0.3 is 20.7 Å². The molecule has 5 heteroatoms. The van der Waals surface area contributed by atoms with E-state index in [1.165, 1.54) is 0 Å². The van der Waals surface area contributed by atoms with Gasteiger partial charge in [0.1, 0.15) is 5.75 Å². The molecule has 0 atom stereocenters. The predicted molar refractivity (Wildman–Crippen MR) is 84.8 cm³/mol. The maximum atomic E-state index is 12.1. The Bertz CT molecular complexity index is 614. The van der Waals surface area contributed by atoms with Crippen LogP contribution in [-0.2, 0) is 6.54 Å². The van der Waals surface area contributed by atoms with Crippen molar-refractivity contribution in [1.82, 2.24) is 5.32 Å². The van der Waals surface area contributed by atoms with Crippen LogP contribution in [0.2, 0.25) is 0 Å². The maximum Gasteiger partial charge on any atom is 0.323 e. The molecule has 0 saturated heterocycles. The molecule has 2 aromatic rings. The number of carbonyl (C=O) groups is 1. The number of hydrogen-bond acceptors (Lipinski definition) is 3. The second kappa shape index (κ2) is 7.31. The maximum absolute atomic E-state index is 12.1. The van der Waals surface area contributed by atoms with Crippen LogP contribution in [0, 0.1) is 0 Å². The number of anilines is 2. The van der Waals surface area contributed by atoms with E-state index in [2.05, 4.69) is 16.0 Å². The molecule has 3 N–H and O–H groups in total. The summed E-state index contributed by atoms with van der Waals surface area (Å²) in [6.45, 7) is 0.686. The van der Waals surface area contributed by atoms with Crippen LogP contribution in [0.1, 0.15) is 5.56 Å². The Morgan fingerprint density at radius 3 is 2.33 bits per heavy atom. The molecule has 0 unspecified atom stereocenters. The summed E-state index contributed by atoms with van der Waals surface area (Å²) in [6.07, 6.45) is 0. The van der Waals surface area contributed by atoms with Gasteiger partial charge >= 0.3 is 6.03 Å². The highest BCUT2D eigenvalue weighted by molar-refractivity contribution is 6.01. The van der Waals surface area contributed by atoms with Crippen LogP contribution in [-0.4, -0.2) is 20.2 Å². The highest BCUT2D eigenvalue weighted by Crippen LogP contribution is 2.23. The molecule has 0 aliphatic heterocycles. The van der Waals surface area contributed by atoms with Gasteiger partial charge in [0.15, 0.2) is 0 Å². The van der Waals surface area contributed by atoms with Crippen molar-refractivity contribution in [3.63, 3.8) is 0 Å². The van der Waals surface area contributed by atoms with Gasteiger partial charge in [-0.3, -0.25) is 0 Å². The summed E-state index contributed by atoms with van der Waals surface area (Å²) in [4.78, 5) is 12.1. The van der Waals surface area contributed by atoms with Crippen molar-refractivity contribution in [2.24, 2.45) is 0 Å². The van der Waals surface area contributed by atoms with Crippen LogP contribution in [0.5, 0.6) is 5.75 Å². The number of nitrogens with one attached hydrogen (secondary N) is 3. The fourth-order valence-electron chi connectivity index (χ4n) is 2.01. The molecule has 110 valence electrons. The number of hydrogen-bond donors (Lipinski definition) is 3. The third kappa shape index (κ3) is 3.97. The minimum atomic E-state index is -0.303. The van der Waals surface area contributed by atoms with Gasteiger partial charge in [0, 0.05) is 12.2 Å². The van der Waals surface area contributed by atoms with Gasteiger partial charge in [0.05, 0.1) is 12.8 Å². The lowest BCUT2D eigenvalue weighted by Gasteiger charge is -2.13. The van der Waals surface area contributed by atoms with E-state index in [4.69, 9.17) is 4.74 Å². The number of benzene rings is 2. The van der Waals surface area contributed by atoms with Crippen molar-refractivity contribution < 1.29 is 9.53 Å². The molecule has 0 radical (unpaired) electrons. The molecular formula is C16H19N3O2. The number of urea groups is 1. The molecule has 0 aromatic heterocycles. The molecule has 2 aromatic carbocycles. The van der Waals surface area contributed by atoms with Crippen LogP contribution in [0.25, 0.3) is 0 Å². The molecule has 0 heterocycles. The minimum Gasteiger partial charge on any atom is -0.495 e. The summed E-state index contributed by atoms with van der Waals surface area (Å²) in [7, 11) is 3.44. The van der Waals surface area contributed by atoms with Crippen molar-refractivity contribution in [2.75, 3.05) is 24.8 Å². The lowest BCUT2D eigenvalue weighted by Crippen LogP contribution is -2.21. The minimum absolute atomic E-state index is 0.303. The molecule has 0 aliphatic rings. The average molecular weight is 285 g/mol. The van der Waals surface area contributed by atoms with Gasteiger partial charge in [-0.25, -0.2) is 4.79 Å². The Kier molecular flexibility index (Phi) is 5.17. The normalized spacial score (nSPS) is 10.0. The highest BCUT2D eigenvalue weighted by atomic mass is 16.5. The molecule has 2 amide bonds. The SMILES string of the molecule is CNCc1ccccc1NC(=O)Nc1ccccc1OC. The van der Waals surface area contributed by atoms with Gasteiger partial charge in [-0.2, -0.15) is 0 Å². The van der Waals surface area contributed by atoms with E-state index in [0.29, 0.717) is 18.0 Å². The van der Waals surface area contributed by atoms with E-state index in [-0.39, 0.29) is 6.03 Å². The van der Waals surface area contributed by atoms with Crippen molar-refractivity contribution in [3.8, 4) is 5.75 Å². The Labute approximate surface area is 124 Å². The number of rotatable bonds is 5. The Hall–Kier alpha value is -2.53. The number of methoxy groups -OCH3 is 1. The van der Waals surface area contributed by atoms with Crippen LogP contribution in [0.15, 0.2) is 48.5 Å². The molecular weight excluding hydrogens is 266 g/mol. The first-order valence-corrected chi connectivity index (χ1v) is 6.68. The first kappa shape index (κ1) is 14.9. The zero-order chi connectivity index (χ0) is 15.1. The Morgan fingerprint density at radius 2 is 1.62 bits per heavy atom. The van der Waals surface area contributed by atoms with Gasteiger partial charge in [-0.1, -0.05) is 30.3 Å². The lowest BCUT2D eigenvalue weighted by molar-refractivity contribution is 0.262. The zero-order valence-electron chi connectivity index (χ0n) is 12.1. The van der Waals surface area contributed by atoms with Crippen molar-refractivity contribution in [2.45, 2.75) is 6.54 Å². The number of carbonyl (C=O) groups excluding carboxylic acids is 1. The molecule has 2 rings (SSSR count). The fraction of sp³-hybridized carbons (Fsp3) is 0.188. The molecule has 0 saturated carbocycles. The molecule has 21 heavy (non-hydrogen) atoms. The van der Waals surface area contributed by atoms with E-state index in [1.807, 2.05) is 43.4 Å². The number of amides is 2. The number of ether oxygens (including phenoxy) is 1. The van der Waals surface area contributed by atoms with Crippen molar-refractivity contribution in [1.29, 1.82) is 0 Å². The van der Waals surface area contributed by atoms with E-state index in [1.54, 1.807) is 19.2 Å². The summed E-state index contributed by atoms with van der Waals surface area (Å²) in [5.41, 5.74) is 2.43. The standard InChI is InChI=1S/C16H19N3O2/c1-17-11-12-7-3-4-8-13(12)18-16(20)19-14-9-5-6-10-15(14)21-2/h3-10,17H,11H2,1-2H3,(H2,18,19,20). The first-order valence-electron chi connectivity index (χ1n) is 6.68. The highest BCUT2D eigenvalue weighted by Gasteiger charge is 2.08. The predicted octanol–water partition coefficient (Wildman–Crippen LogP) is 3.06. The summed E-state index contributed by atoms with van der Waals surface area (Å²) in [5.74, 6) is 0.621. The second-order valence-electron chi connectivity index (χ2n) is 4.47.